The fraction of sp³-hybridized carbons (Fsp3) is 0.100. The summed E-state index contributed by atoms with van der Waals surface area (Å²) in [6, 6.07) is 11.8. The molecule has 0 fully saturated rings. The fourth-order valence-corrected chi connectivity index (χ4v) is 1.14. The second kappa shape index (κ2) is 2.81. The van der Waals surface area contributed by atoms with E-state index in [1.807, 2.05) is 43.3 Å². The Morgan fingerprint density at radius 1 is 1.33 bits per heavy atom. The molecule has 0 unspecified atom stereocenters. The smallest absolute Gasteiger partial charge is 0.190 e. The van der Waals surface area contributed by atoms with E-state index in [0.717, 1.165) is 22.0 Å². The van der Waals surface area contributed by atoms with E-state index >= 15 is 0 Å². The summed E-state index contributed by atoms with van der Waals surface area (Å²) < 4.78 is 7.40. The van der Waals surface area contributed by atoms with Crippen LogP contribution < -0.4 is 0 Å². The molecule has 1 aromatic heterocycles. The molecule has 1 N–H and O–H groups in total. The Morgan fingerprint density at radius 3 is 2.67 bits per heavy atom. The van der Waals surface area contributed by atoms with Gasteiger partial charge in [-0.05, 0) is 13.0 Å². The molecular weight excluding hydrogens is 148 g/mol. The number of benzene rings is 1. The maximum atomic E-state index is 7.40. The van der Waals surface area contributed by atoms with E-state index in [2.05, 4.69) is 5.10 Å². The van der Waals surface area contributed by atoms with Gasteiger partial charge in [-0.2, -0.15) is 5.10 Å². The van der Waals surface area contributed by atoms with Crippen LogP contribution in [0.3, 0.4) is 0 Å². The van der Waals surface area contributed by atoms with Crippen molar-refractivity contribution in [3.8, 4) is 11.3 Å². The molecule has 2 aromatic rings. The minimum absolute atomic E-state index is 0.846. The molecule has 60 valence electrons. The molecule has 1 aromatic carbocycles. The molecule has 1 heterocycles. The van der Waals surface area contributed by atoms with Crippen molar-refractivity contribution in [2.45, 2.75) is 6.92 Å². The summed E-state index contributed by atoms with van der Waals surface area (Å²) >= 11 is 0. The molecule has 12 heavy (non-hydrogen) atoms. The van der Waals surface area contributed by atoms with E-state index in [9.17, 15) is 0 Å². The number of aromatic nitrogens is 2. The SMILES string of the molecule is [2H]n1nc(-c2ccccc2)cc1C. The van der Waals surface area contributed by atoms with Crippen molar-refractivity contribution in [3.63, 3.8) is 0 Å². The highest BCUT2D eigenvalue weighted by Crippen LogP contribution is 2.15. The van der Waals surface area contributed by atoms with Crippen molar-refractivity contribution in [2.24, 2.45) is 0 Å². The van der Waals surface area contributed by atoms with Gasteiger partial charge in [-0.25, -0.2) is 0 Å². The van der Waals surface area contributed by atoms with Crippen LogP contribution in [0, 0.1) is 6.92 Å². The fourth-order valence-electron chi connectivity index (χ4n) is 1.14. The quantitative estimate of drug-likeness (QED) is 0.680. The topological polar surface area (TPSA) is 28.7 Å². The Balaban J connectivity index is 2.48. The Morgan fingerprint density at radius 2 is 2.08 bits per heavy atom. The van der Waals surface area contributed by atoms with Gasteiger partial charge in [-0.1, -0.05) is 30.3 Å². The van der Waals surface area contributed by atoms with Gasteiger partial charge < -0.3 is 0 Å². The molecule has 2 rings (SSSR count). The third kappa shape index (κ3) is 1.23. The second-order valence-electron chi connectivity index (χ2n) is 2.74. The van der Waals surface area contributed by atoms with Crippen LogP contribution in [0.25, 0.3) is 11.3 Å². The maximum Gasteiger partial charge on any atom is 0.190 e. The third-order valence-electron chi connectivity index (χ3n) is 1.73. The first-order chi connectivity index (χ1) is 6.27. The van der Waals surface area contributed by atoms with E-state index in [1.165, 1.54) is 0 Å². The molecule has 0 aliphatic heterocycles. The van der Waals surface area contributed by atoms with Crippen molar-refractivity contribution in [1.82, 2.24) is 10.2 Å². The minimum atomic E-state index is 0.846. The van der Waals surface area contributed by atoms with Gasteiger partial charge in [0.25, 0.3) is 0 Å². The Hall–Kier alpha value is -1.57. The molecule has 2 nitrogen and oxygen atoms in total. The zero-order valence-corrected chi connectivity index (χ0v) is 6.86. The molecule has 0 aliphatic carbocycles. The summed E-state index contributed by atoms with van der Waals surface area (Å²) in [5.74, 6) is 0. The predicted molar refractivity (Wildman–Crippen MR) is 48.8 cm³/mol. The number of H-pyrrole nitrogens is 1. The average Bonchev–Trinajstić information content (AvgIpc) is 2.49. The lowest BCUT2D eigenvalue weighted by Crippen LogP contribution is -1.75. The number of hydrogen-bond donors (Lipinski definition) is 1. The third-order valence-corrected chi connectivity index (χ3v) is 1.73. The van der Waals surface area contributed by atoms with Gasteiger partial charge in [0.1, 0.15) is 0 Å². The lowest BCUT2D eigenvalue weighted by Gasteiger charge is -1.92. The zero-order valence-electron chi connectivity index (χ0n) is 7.86. The number of aryl methyl sites for hydroxylation is 1. The van der Waals surface area contributed by atoms with Gasteiger partial charge in [0, 0.05) is 11.3 Å². The maximum absolute atomic E-state index is 7.40. The standard InChI is InChI=1S/C10H10N2/c1-8-7-10(12-11-8)9-5-3-2-4-6-9/h2-7H,1H3,(H,11,12)/i/hD. The Kier molecular flexibility index (Phi) is 1.41. The predicted octanol–water partition coefficient (Wildman–Crippen LogP) is 2.39. The number of nitrogens with zero attached hydrogens (tertiary/aromatic N) is 1. The van der Waals surface area contributed by atoms with Crippen molar-refractivity contribution in [2.75, 3.05) is 0 Å². The van der Waals surface area contributed by atoms with Gasteiger partial charge >= 0.3 is 0 Å². The summed E-state index contributed by atoms with van der Waals surface area (Å²) in [7, 11) is 0. The van der Waals surface area contributed by atoms with E-state index in [0.29, 0.717) is 0 Å². The molecule has 0 saturated carbocycles. The van der Waals surface area contributed by atoms with Gasteiger partial charge in [-0.15, -0.1) is 0 Å². The highest BCUT2D eigenvalue weighted by Gasteiger charge is 1.98. The summed E-state index contributed by atoms with van der Waals surface area (Å²) in [6.45, 7) is 1.87. The molecule has 0 atom stereocenters. The average molecular weight is 159 g/mol. The molecule has 0 aliphatic rings. The van der Waals surface area contributed by atoms with Crippen molar-refractivity contribution in [3.05, 3.63) is 42.1 Å². The van der Waals surface area contributed by atoms with Crippen LogP contribution in [0.1, 0.15) is 5.69 Å². The Labute approximate surface area is 72.7 Å². The lowest BCUT2D eigenvalue weighted by atomic mass is 10.1. The van der Waals surface area contributed by atoms with Crippen LogP contribution in [-0.4, -0.2) is 10.2 Å². The van der Waals surface area contributed by atoms with Gasteiger partial charge in [0.2, 0.25) is 0 Å². The highest BCUT2D eigenvalue weighted by atomic mass is 15.1. The van der Waals surface area contributed by atoms with Crippen molar-refractivity contribution >= 4 is 0 Å². The van der Waals surface area contributed by atoms with Crippen LogP contribution in [0.15, 0.2) is 36.4 Å². The molecular formula is C10H10N2. The molecule has 2 heteroatoms. The summed E-state index contributed by atoms with van der Waals surface area (Å²) in [5, 5.41) is 5.20. The molecule has 0 radical (unpaired) electrons. The number of hydrogen-bond acceptors (Lipinski definition) is 1. The van der Waals surface area contributed by atoms with Crippen LogP contribution in [0.2, 0.25) is 1.41 Å². The van der Waals surface area contributed by atoms with Crippen molar-refractivity contribution < 1.29 is 1.41 Å². The summed E-state index contributed by atoms with van der Waals surface area (Å²) in [5.41, 5.74) is 2.75. The monoisotopic (exact) mass is 159 g/mol. The van der Waals surface area contributed by atoms with Crippen LogP contribution in [0.5, 0.6) is 0 Å². The van der Waals surface area contributed by atoms with E-state index in [1.54, 1.807) is 0 Å². The minimum Gasteiger partial charge on any atom is -0.282 e. The zero-order chi connectivity index (χ0) is 9.26. The first-order valence-electron chi connectivity index (χ1n) is 4.33. The van der Waals surface area contributed by atoms with Gasteiger partial charge in [0.05, 0.1) is 5.69 Å². The van der Waals surface area contributed by atoms with Gasteiger partial charge in [0.15, 0.2) is 1.41 Å². The van der Waals surface area contributed by atoms with E-state index < -0.39 is 0 Å². The van der Waals surface area contributed by atoms with Crippen molar-refractivity contribution in [1.29, 1.82) is 0 Å². The van der Waals surface area contributed by atoms with Crippen LogP contribution in [-0.2, 0) is 0 Å². The first-order valence-corrected chi connectivity index (χ1v) is 3.89. The summed E-state index contributed by atoms with van der Waals surface area (Å²) in [6.07, 6.45) is 0. The van der Waals surface area contributed by atoms with Crippen LogP contribution >= 0.6 is 0 Å². The number of nitrogens with one attached hydrogen (secondary N) is 1. The molecule has 0 bridgehead atoms. The highest BCUT2D eigenvalue weighted by molar-refractivity contribution is 5.58. The first kappa shape index (κ1) is 6.00. The largest absolute Gasteiger partial charge is 0.282 e. The Bertz CT molecular complexity index is 387. The van der Waals surface area contributed by atoms with E-state index in [-0.39, 0.29) is 0 Å². The summed E-state index contributed by atoms with van der Waals surface area (Å²) in [4.78, 5) is 0. The molecule has 0 spiro atoms. The van der Waals surface area contributed by atoms with E-state index in [4.69, 9.17) is 1.41 Å². The normalized spacial score (nSPS) is 11.2. The second-order valence-corrected chi connectivity index (χ2v) is 2.74. The number of rotatable bonds is 1. The lowest BCUT2D eigenvalue weighted by molar-refractivity contribution is 1.05. The molecule has 0 amide bonds. The van der Waals surface area contributed by atoms with Crippen LogP contribution in [0.4, 0.5) is 0 Å². The number of aromatic amines is 1. The van der Waals surface area contributed by atoms with Gasteiger partial charge in [-0.3, -0.25) is 5.09 Å². The molecule has 0 saturated heterocycles.